The second kappa shape index (κ2) is 7.17. The molecule has 2 N–H and O–H groups in total. The Morgan fingerprint density at radius 3 is 2.65 bits per heavy atom. The second-order valence-electron chi connectivity index (χ2n) is 4.20. The summed E-state index contributed by atoms with van der Waals surface area (Å²) in [6.45, 7) is 4.89. The van der Waals surface area contributed by atoms with Gasteiger partial charge in [-0.1, -0.05) is 13.0 Å². The lowest BCUT2D eigenvalue weighted by atomic mass is 10.1. The third kappa shape index (κ3) is 4.27. The normalized spacial score (nSPS) is 12.2. The van der Waals surface area contributed by atoms with Gasteiger partial charge in [0.1, 0.15) is 0 Å². The monoisotopic (exact) mass is 237 g/mol. The van der Waals surface area contributed by atoms with E-state index in [9.17, 15) is 0 Å². The van der Waals surface area contributed by atoms with Gasteiger partial charge in [-0.05, 0) is 50.4 Å². The third-order valence-electron chi connectivity index (χ3n) is 2.78. The second-order valence-corrected chi connectivity index (χ2v) is 4.20. The van der Waals surface area contributed by atoms with Crippen LogP contribution in [-0.4, -0.2) is 19.8 Å². The molecule has 0 heterocycles. The molecule has 0 aromatic heterocycles. The van der Waals surface area contributed by atoms with Gasteiger partial charge in [0.15, 0.2) is 11.5 Å². The molecule has 0 radical (unpaired) electrons. The van der Waals surface area contributed by atoms with Crippen molar-refractivity contribution in [2.75, 3.05) is 13.7 Å². The van der Waals surface area contributed by atoms with Crippen molar-refractivity contribution in [1.29, 1.82) is 0 Å². The van der Waals surface area contributed by atoms with E-state index in [-0.39, 0.29) is 6.10 Å². The van der Waals surface area contributed by atoms with Crippen LogP contribution in [0, 0.1) is 0 Å². The quantitative estimate of drug-likeness (QED) is 0.793. The molecular weight excluding hydrogens is 214 g/mol. The summed E-state index contributed by atoms with van der Waals surface area (Å²) in [7, 11) is 1.67. The molecule has 1 aromatic carbocycles. The van der Waals surface area contributed by atoms with Gasteiger partial charge in [0.25, 0.3) is 0 Å². The highest BCUT2D eigenvalue weighted by molar-refractivity contribution is 5.43. The number of aryl methyl sites for hydroxylation is 1. The summed E-state index contributed by atoms with van der Waals surface area (Å²) in [5.74, 6) is 1.62. The van der Waals surface area contributed by atoms with Crippen LogP contribution in [0.25, 0.3) is 0 Å². The van der Waals surface area contributed by atoms with Gasteiger partial charge in [-0.25, -0.2) is 0 Å². The number of methoxy groups -OCH3 is 1. The summed E-state index contributed by atoms with van der Waals surface area (Å²) >= 11 is 0. The first kappa shape index (κ1) is 13.8. The Labute approximate surface area is 104 Å². The van der Waals surface area contributed by atoms with Gasteiger partial charge in [0, 0.05) is 0 Å². The van der Waals surface area contributed by atoms with Gasteiger partial charge < -0.3 is 15.2 Å². The minimum Gasteiger partial charge on any atom is -0.493 e. The van der Waals surface area contributed by atoms with Crippen LogP contribution in [0.2, 0.25) is 0 Å². The van der Waals surface area contributed by atoms with E-state index in [0.717, 1.165) is 30.8 Å². The molecule has 0 saturated heterocycles. The fraction of sp³-hybridized carbons (Fsp3) is 0.571. The predicted molar refractivity (Wildman–Crippen MR) is 70.8 cm³/mol. The molecule has 0 amide bonds. The van der Waals surface area contributed by atoms with Gasteiger partial charge >= 0.3 is 0 Å². The zero-order chi connectivity index (χ0) is 12.7. The maximum Gasteiger partial charge on any atom is 0.161 e. The highest BCUT2D eigenvalue weighted by atomic mass is 16.5. The van der Waals surface area contributed by atoms with E-state index in [1.807, 2.05) is 12.1 Å². The van der Waals surface area contributed by atoms with Crippen molar-refractivity contribution in [1.82, 2.24) is 0 Å². The minimum absolute atomic E-state index is 0.167. The van der Waals surface area contributed by atoms with Crippen molar-refractivity contribution in [2.45, 2.75) is 39.2 Å². The Balaban J connectivity index is 2.69. The van der Waals surface area contributed by atoms with Gasteiger partial charge in [-0.3, -0.25) is 0 Å². The molecule has 0 bridgehead atoms. The highest BCUT2D eigenvalue weighted by Crippen LogP contribution is 2.29. The van der Waals surface area contributed by atoms with Crippen molar-refractivity contribution in [2.24, 2.45) is 5.73 Å². The molecule has 1 aromatic rings. The molecule has 3 heteroatoms. The van der Waals surface area contributed by atoms with Crippen molar-refractivity contribution in [3.8, 4) is 11.5 Å². The van der Waals surface area contributed by atoms with E-state index in [1.165, 1.54) is 5.56 Å². The lowest BCUT2D eigenvalue weighted by molar-refractivity contribution is 0.199. The number of nitrogens with two attached hydrogens (primary N) is 1. The number of benzene rings is 1. The molecule has 0 fully saturated rings. The maximum atomic E-state index is 5.86. The first-order valence-corrected chi connectivity index (χ1v) is 6.24. The standard InChI is InChI=1S/C14H23NO2/c1-4-12-7-8-13(14(10-12)16-3)17-11(2)6-5-9-15/h7-8,10-11H,4-6,9,15H2,1-3H3. The van der Waals surface area contributed by atoms with Gasteiger partial charge in [0.2, 0.25) is 0 Å². The molecule has 0 saturated carbocycles. The molecule has 0 spiro atoms. The van der Waals surface area contributed by atoms with E-state index in [4.69, 9.17) is 15.2 Å². The summed E-state index contributed by atoms with van der Waals surface area (Å²) in [6.07, 6.45) is 3.12. The van der Waals surface area contributed by atoms with Crippen molar-refractivity contribution in [3.63, 3.8) is 0 Å². The fourth-order valence-electron chi connectivity index (χ4n) is 1.71. The Kier molecular flexibility index (Phi) is 5.84. The molecule has 0 aliphatic heterocycles. The first-order chi connectivity index (χ1) is 8.21. The topological polar surface area (TPSA) is 44.5 Å². The maximum absolute atomic E-state index is 5.86. The largest absolute Gasteiger partial charge is 0.493 e. The van der Waals surface area contributed by atoms with Crippen LogP contribution in [0.15, 0.2) is 18.2 Å². The smallest absolute Gasteiger partial charge is 0.161 e. The summed E-state index contributed by atoms with van der Waals surface area (Å²) in [5.41, 5.74) is 6.74. The highest BCUT2D eigenvalue weighted by Gasteiger charge is 2.09. The molecule has 1 atom stereocenters. The molecule has 1 unspecified atom stereocenters. The van der Waals surface area contributed by atoms with E-state index in [1.54, 1.807) is 7.11 Å². The summed E-state index contributed by atoms with van der Waals surface area (Å²) in [5, 5.41) is 0. The molecular formula is C14H23NO2. The zero-order valence-electron chi connectivity index (χ0n) is 11.0. The van der Waals surface area contributed by atoms with E-state index < -0.39 is 0 Å². The zero-order valence-corrected chi connectivity index (χ0v) is 11.0. The van der Waals surface area contributed by atoms with Crippen LogP contribution in [-0.2, 0) is 6.42 Å². The minimum atomic E-state index is 0.167. The van der Waals surface area contributed by atoms with Gasteiger partial charge in [0.05, 0.1) is 13.2 Å². The van der Waals surface area contributed by atoms with Crippen LogP contribution in [0.1, 0.15) is 32.3 Å². The van der Waals surface area contributed by atoms with Crippen LogP contribution < -0.4 is 15.2 Å². The van der Waals surface area contributed by atoms with Gasteiger partial charge in [-0.15, -0.1) is 0 Å². The summed E-state index contributed by atoms with van der Waals surface area (Å²) in [6, 6.07) is 6.09. The Morgan fingerprint density at radius 2 is 2.06 bits per heavy atom. The fourth-order valence-corrected chi connectivity index (χ4v) is 1.71. The summed E-state index contributed by atoms with van der Waals surface area (Å²) < 4.78 is 11.2. The molecule has 1 rings (SSSR count). The average Bonchev–Trinajstić information content (AvgIpc) is 2.36. The van der Waals surface area contributed by atoms with Crippen LogP contribution >= 0.6 is 0 Å². The summed E-state index contributed by atoms with van der Waals surface area (Å²) in [4.78, 5) is 0. The first-order valence-electron chi connectivity index (χ1n) is 6.24. The van der Waals surface area contributed by atoms with Gasteiger partial charge in [-0.2, -0.15) is 0 Å². The van der Waals surface area contributed by atoms with Crippen molar-refractivity contribution in [3.05, 3.63) is 23.8 Å². The van der Waals surface area contributed by atoms with Crippen LogP contribution in [0.4, 0.5) is 0 Å². The Morgan fingerprint density at radius 1 is 1.29 bits per heavy atom. The molecule has 0 aliphatic carbocycles. The van der Waals surface area contributed by atoms with E-state index in [2.05, 4.69) is 19.9 Å². The Bertz CT molecular complexity index is 339. The molecule has 96 valence electrons. The van der Waals surface area contributed by atoms with Crippen molar-refractivity contribution >= 4 is 0 Å². The van der Waals surface area contributed by atoms with Crippen molar-refractivity contribution < 1.29 is 9.47 Å². The third-order valence-corrected chi connectivity index (χ3v) is 2.78. The molecule has 17 heavy (non-hydrogen) atoms. The SMILES string of the molecule is CCc1ccc(OC(C)CCCN)c(OC)c1. The number of hydrogen-bond donors (Lipinski definition) is 1. The van der Waals surface area contributed by atoms with E-state index in [0.29, 0.717) is 6.54 Å². The van der Waals surface area contributed by atoms with E-state index >= 15 is 0 Å². The lowest BCUT2D eigenvalue weighted by Crippen LogP contribution is -2.14. The number of ether oxygens (including phenoxy) is 2. The van der Waals surface area contributed by atoms with Crippen LogP contribution in [0.3, 0.4) is 0 Å². The molecule has 3 nitrogen and oxygen atoms in total. The number of rotatable bonds is 7. The number of hydrogen-bond acceptors (Lipinski definition) is 3. The predicted octanol–water partition coefficient (Wildman–Crippen LogP) is 2.76. The molecule has 0 aliphatic rings. The lowest BCUT2D eigenvalue weighted by Gasteiger charge is -2.17. The van der Waals surface area contributed by atoms with Crippen LogP contribution in [0.5, 0.6) is 11.5 Å². The average molecular weight is 237 g/mol. The Hall–Kier alpha value is -1.22.